The first-order valence-corrected chi connectivity index (χ1v) is 6.71. The summed E-state index contributed by atoms with van der Waals surface area (Å²) in [6.45, 7) is 0. The second-order valence-electron chi connectivity index (χ2n) is 3.97. The molecule has 0 aliphatic heterocycles. The third-order valence-electron chi connectivity index (χ3n) is 2.47. The van der Waals surface area contributed by atoms with Crippen LogP contribution in [0.3, 0.4) is 0 Å². The van der Waals surface area contributed by atoms with Crippen LogP contribution < -0.4 is 5.32 Å². The Kier molecular flexibility index (Phi) is 4.56. The average molecular weight is 343 g/mol. The van der Waals surface area contributed by atoms with Gasteiger partial charge in [-0.15, -0.1) is 0 Å². The molecule has 0 aromatic heterocycles. The van der Waals surface area contributed by atoms with E-state index >= 15 is 0 Å². The van der Waals surface area contributed by atoms with Crippen molar-refractivity contribution in [2.24, 2.45) is 0 Å². The molecule has 0 saturated carbocycles. The van der Waals surface area contributed by atoms with Crippen molar-refractivity contribution >= 4 is 39.1 Å². The third-order valence-corrected chi connectivity index (χ3v) is 3.20. The molecular formula is C14H10BrClFNO. The first kappa shape index (κ1) is 14.0. The van der Waals surface area contributed by atoms with Crippen LogP contribution in [-0.2, 0) is 11.2 Å². The predicted molar refractivity (Wildman–Crippen MR) is 77.9 cm³/mol. The molecule has 2 nitrogen and oxygen atoms in total. The van der Waals surface area contributed by atoms with E-state index in [2.05, 4.69) is 21.2 Å². The fourth-order valence-electron chi connectivity index (χ4n) is 1.62. The monoisotopic (exact) mass is 341 g/mol. The number of nitrogens with one attached hydrogen (secondary N) is 1. The van der Waals surface area contributed by atoms with Crippen LogP contribution in [0.1, 0.15) is 5.56 Å². The number of halogens is 3. The van der Waals surface area contributed by atoms with Crippen molar-refractivity contribution in [3.8, 4) is 0 Å². The largest absolute Gasteiger partial charge is 0.326 e. The fraction of sp³-hybridized carbons (Fsp3) is 0.0714. The molecule has 2 aromatic rings. The molecule has 2 rings (SSSR count). The SMILES string of the molecule is O=C(Cc1cc(Br)ccc1F)Nc1cccc(Cl)c1. The van der Waals surface area contributed by atoms with Gasteiger partial charge in [0.15, 0.2) is 0 Å². The summed E-state index contributed by atoms with van der Waals surface area (Å²) in [5.74, 6) is -0.691. The van der Waals surface area contributed by atoms with Crippen LogP contribution in [0.5, 0.6) is 0 Å². The van der Waals surface area contributed by atoms with Gasteiger partial charge in [-0.2, -0.15) is 0 Å². The molecule has 0 bridgehead atoms. The van der Waals surface area contributed by atoms with E-state index in [1.54, 1.807) is 36.4 Å². The number of rotatable bonds is 3. The summed E-state index contributed by atoms with van der Waals surface area (Å²) < 4.78 is 14.2. The maximum absolute atomic E-state index is 13.5. The lowest BCUT2D eigenvalue weighted by Crippen LogP contribution is -2.15. The molecule has 0 saturated heterocycles. The van der Waals surface area contributed by atoms with E-state index in [0.29, 0.717) is 16.3 Å². The van der Waals surface area contributed by atoms with E-state index in [1.165, 1.54) is 6.07 Å². The summed E-state index contributed by atoms with van der Waals surface area (Å²) >= 11 is 9.06. The first-order chi connectivity index (χ1) is 9.04. The van der Waals surface area contributed by atoms with Crippen LogP contribution >= 0.6 is 27.5 Å². The zero-order valence-corrected chi connectivity index (χ0v) is 12.1. The quantitative estimate of drug-likeness (QED) is 0.879. The summed E-state index contributed by atoms with van der Waals surface area (Å²) in [6.07, 6.45) is -0.0300. The first-order valence-electron chi connectivity index (χ1n) is 5.54. The highest BCUT2D eigenvalue weighted by Gasteiger charge is 2.09. The molecule has 0 unspecified atom stereocenters. The van der Waals surface area contributed by atoms with E-state index in [9.17, 15) is 9.18 Å². The Labute approximate surface area is 123 Å². The number of carbonyl (C=O) groups is 1. The van der Waals surface area contributed by atoms with Gasteiger partial charge >= 0.3 is 0 Å². The second-order valence-corrected chi connectivity index (χ2v) is 5.32. The van der Waals surface area contributed by atoms with Gasteiger partial charge in [0.2, 0.25) is 5.91 Å². The van der Waals surface area contributed by atoms with Crippen molar-refractivity contribution in [1.82, 2.24) is 0 Å². The fourth-order valence-corrected chi connectivity index (χ4v) is 2.22. The van der Waals surface area contributed by atoms with Crippen LogP contribution in [-0.4, -0.2) is 5.91 Å². The molecule has 0 heterocycles. The second kappa shape index (κ2) is 6.17. The zero-order chi connectivity index (χ0) is 13.8. The standard InChI is InChI=1S/C14H10BrClFNO/c15-10-4-5-13(17)9(6-10)7-14(19)18-12-3-1-2-11(16)8-12/h1-6,8H,7H2,(H,18,19). The number of anilines is 1. The molecule has 5 heteroatoms. The Hall–Kier alpha value is -1.39. The van der Waals surface area contributed by atoms with Crippen molar-refractivity contribution in [1.29, 1.82) is 0 Å². The summed E-state index contributed by atoms with van der Waals surface area (Å²) in [4.78, 5) is 11.8. The van der Waals surface area contributed by atoms with Gasteiger partial charge < -0.3 is 5.32 Å². The van der Waals surface area contributed by atoms with Gasteiger partial charge in [0.1, 0.15) is 5.82 Å². The molecule has 19 heavy (non-hydrogen) atoms. The minimum absolute atomic E-state index is 0.0300. The van der Waals surface area contributed by atoms with Crippen LogP contribution in [0.4, 0.5) is 10.1 Å². The maximum atomic E-state index is 13.5. The number of benzene rings is 2. The molecule has 0 aliphatic carbocycles. The normalized spacial score (nSPS) is 10.3. The molecule has 0 atom stereocenters. The van der Waals surface area contributed by atoms with Gasteiger partial charge in [0.05, 0.1) is 6.42 Å². The lowest BCUT2D eigenvalue weighted by Gasteiger charge is -2.07. The zero-order valence-electron chi connectivity index (χ0n) is 9.79. The van der Waals surface area contributed by atoms with Crippen LogP contribution in [0, 0.1) is 5.82 Å². The van der Waals surface area contributed by atoms with Gasteiger partial charge in [-0.25, -0.2) is 4.39 Å². The Balaban J connectivity index is 2.07. The van der Waals surface area contributed by atoms with Crippen LogP contribution in [0.25, 0.3) is 0 Å². The van der Waals surface area contributed by atoms with E-state index in [4.69, 9.17) is 11.6 Å². The molecule has 0 radical (unpaired) electrons. The molecule has 0 spiro atoms. The number of hydrogen-bond acceptors (Lipinski definition) is 1. The minimum Gasteiger partial charge on any atom is -0.326 e. The van der Waals surface area contributed by atoms with E-state index in [0.717, 1.165) is 4.47 Å². The number of hydrogen-bond donors (Lipinski definition) is 1. The lowest BCUT2D eigenvalue weighted by molar-refractivity contribution is -0.115. The predicted octanol–water partition coefficient (Wildman–Crippen LogP) is 4.42. The van der Waals surface area contributed by atoms with Crippen molar-refractivity contribution in [3.63, 3.8) is 0 Å². The highest BCUT2D eigenvalue weighted by molar-refractivity contribution is 9.10. The molecule has 2 aromatic carbocycles. The highest BCUT2D eigenvalue weighted by Crippen LogP contribution is 2.18. The molecular weight excluding hydrogens is 333 g/mol. The van der Waals surface area contributed by atoms with Gasteiger partial charge in [0, 0.05) is 15.2 Å². The smallest absolute Gasteiger partial charge is 0.228 e. The molecule has 0 aliphatic rings. The summed E-state index contributed by atoms with van der Waals surface area (Å²) in [5, 5.41) is 3.21. The Morgan fingerprint density at radius 3 is 2.79 bits per heavy atom. The van der Waals surface area contributed by atoms with Crippen molar-refractivity contribution < 1.29 is 9.18 Å². The van der Waals surface area contributed by atoms with Crippen molar-refractivity contribution in [2.75, 3.05) is 5.32 Å². The van der Waals surface area contributed by atoms with Gasteiger partial charge in [-0.05, 0) is 42.0 Å². The van der Waals surface area contributed by atoms with E-state index in [-0.39, 0.29) is 12.3 Å². The van der Waals surface area contributed by atoms with Gasteiger partial charge in [-0.3, -0.25) is 4.79 Å². The minimum atomic E-state index is -0.399. The topological polar surface area (TPSA) is 29.1 Å². The average Bonchev–Trinajstić information content (AvgIpc) is 2.34. The summed E-state index contributed by atoms with van der Waals surface area (Å²) in [6, 6.07) is 11.3. The van der Waals surface area contributed by atoms with Crippen LogP contribution in [0.2, 0.25) is 5.02 Å². The lowest BCUT2D eigenvalue weighted by atomic mass is 10.1. The van der Waals surface area contributed by atoms with E-state index in [1.807, 2.05) is 0 Å². The highest BCUT2D eigenvalue weighted by atomic mass is 79.9. The van der Waals surface area contributed by atoms with Gasteiger partial charge in [-0.1, -0.05) is 33.6 Å². The third kappa shape index (κ3) is 4.04. The summed E-state index contributed by atoms with van der Waals surface area (Å²) in [7, 11) is 0. The van der Waals surface area contributed by atoms with Crippen molar-refractivity contribution in [3.05, 3.63) is 63.3 Å². The van der Waals surface area contributed by atoms with Crippen LogP contribution in [0.15, 0.2) is 46.9 Å². The number of carbonyl (C=O) groups excluding carboxylic acids is 1. The van der Waals surface area contributed by atoms with E-state index < -0.39 is 5.82 Å². The van der Waals surface area contributed by atoms with Gasteiger partial charge in [0.25, 0.3) is 0 Å². The maximum Gasteiger partial charge on any atom is 0.228 e. The van der Waals surface area contributed by atoms with Crippen molar-refractivity contribution in [2.45, 2.75) is 6.42 Å². The molecule has 1 amide bonds. The number of amides is 1. The Morgan fingerprint density at radius 2 is 2.05 bits per heavy atom. The Morgan fingerprint density at radius 1 is 1.26 bits per heavy atom. The molecule has 98 valence electrons. The summed E-state index contributed by atoms with van der Waals surface area (Å²) in [5.41, 5.74) is 0.932. The molecule has 1 N–H and O–H groups in total. The Bertz CT molecular complexity index is 618. The molecule has 0 fully saturated rings.